The first-order valence-corrected chi connectivity index (χ1v) is 8.20. The van der Waals surface area contributed by atoms with Crippen LogP contribution in [0.15, 0.2) is 73.1 Å². The minimum absolute atomic E-state index is 0.0419. The van der Waals surface area contributed by atoms with E-state index in [2.05, 4.69) is 4.98 Å². The lowest BCUT2D eigenvalue weighted by molar-refractivity contribution is 0.0922. The summed E-state index contributed by atoms with van der Waals surface area (Å²) in [7, 11) is 0. The number of ketones is 1. The molecule has 4 heteroatoms. The average molecular weight is 326 g/mol. The minimum atomic E-state index is -0.826. The summed E-state index contributed by atoms with van der Waals surface area (Å²) in [6.07, 6.45) is 3.57. The van der Waals surface area contributed by atoms with Gasteiger partial charge in [0.05, 0.1) is 5.69 Å². The van der Waals surface area contributed by atoms with Crippen LogP contribution in [0.25, 0.3) is 0 Å². The van der Waals surface area contributed by atoms with Crippen molar-refractivity contribution in [2.24, 2.45) is 0 Å². The molecule has 25 heavy (non-hydrogen) atoms. The number of anilines is 1. The van der Waals surface area contributed by atoms with Gasteiger partial charge in [0, 0.05) is 35.5 Å². The van der Waals surface area contributed by atoms with E-state index in [0.717, 1.165) is 11.1 Å². The third kappa shape index (κ3) is 1.68. The average Bonchev–Trinajstić information content (AvgIpc) is 2.93. The molecule has 4 nitrogen and oxygen atoms in total. The van der Waals surface area contributed by atoms with E-state index in [9.17, 15) is 9.59 Å². The molecule has 0 bridgehead atoms. The van der Waals surface area contributed by atoms with E-state index in [-0.39, 0.29) is 18.1 Å². The molecule has 5 rings (SSSR count). The summed E-state index contributed by atoms with van der Waals surface area (Å²) >= 11 is 0. The summed E-state index contributed by atoms with van der Waals surface area (Å²) in [6, 6.07) is 18.8. The Kier molecular flexibility index (Phi) is 2.74. The summed E-state index contributed by atoms with van der Waals surface area (Å²) in [5.74, 6) is -0.0404. The molecule has 0 spiro atoms. The largest absolute Gasteiger partial charge is 0.294 e. The lowest BCUT2D eigenvalue weighted by Gasteiger charge is -2.43. The van der Waals surface area contributed by atoms with E-state index in [1.54, 1.807) is 29.4 Å². The number of Topliss-reactive ketones (excluding diaryl/α,β-unsaturated/α-hetero) is 1. The predicted molar refractivity (Wildman–Crippen MR) is 93.7 cm³/mol. The Labute approximate surface area is 144 Å². The zero-order valence-corrected chi connectivity index (χ0v) is 13.3. The second-order valence-corrected chi connectivity index (χ2v) is 6.41. The number of fused-ring (bicyclic) bond motifs is 5. The molecule has 2 aliphatic rings. The molecule has 0 saturated heterocycles. The summed E-state index contributed by atoms with van der Waals surface area (Å²) in [5.41, 5.74) is 2.79. The van der Waals surface area contributed by atoms with Gasteiger partial charge in [-0.2, -0.15) is 0 Å². The van der Waals surface area contributed by atoms with Crippen LogP contribution in [0.4, 0.5) is 5.69 Å². The van der Waals surface area contributed by atoms with E-state index < -0.39 is 5.54 Å². The Morgan fingerprint density at radius 1 is 0.880 bits per heavy atom. The Morgan fingerprint density at radius 2 is 1.64 bits per heavy atom. The molecule has 3 heterocycles. The Hall–Kier alpha value is -3.27. The molecule has 0 N–H and O–H groups in total. The van der Waals surface area contributed by atoms with Crippen molar-refractivity contribution in [1.82, 2.24) is 4.98 Å². The molecular formula is C21H14N2O2. The number of benzene rings is 2. The number of hydrogen-bond acceptors (Lipinski definition) is 3. The fourth-order valence-corrected chi connectivity index (χ4v) is 4.15. The normalized spacial score (nSPS) is 20.9. The van der Waals surface area contributed by atoms with Gasteiger partial charge in [0.15, 0.2) is 5.78 Å². The van der Waals surface area contributed by atoms with Crippen LogP contribution in [0, 0.1) is 0 Å². The third-order valence-corrected chi connectivity index (χ3v) is 5.19. The van der Waals surface area contributed by atoms with Crippen LogP contribution in [0.3, 0.4) is 0 Å². The summed E-state index contributed by atoms with van der Waals surface area (Å²) in [5, 5.41) is 0. The highest BCUT2D eigenvalue weighted by Gasteiger charge is 2.55. The topological polar surface area (TPSA) is 50.3 Å². The van der Waals surface area contributed by atoms with Gasteiger partial charge in [-0.3, -0.25) is 19.5 Å². The van der Waals surface area contributed by atoms with E-state index in [4.69, 9.17) is 0 Å². The molecule has 0 aliphatic carbocycles. The van der Waals surface area contributed by atoms with Crippen LogP contribution >= 0.6 is 0 Å². The lowest BCUT2D eigenvalue weighted by atomic mass is 9.75. The van der Waals surface area contributed by atoms with Crippen LogP contribution in [-0.4, -0.2) is 16.7 Å². The molecule has 1 unspecified atom stereocenters. The standard InChI is InChI=1S/C21H14N2O2/c24-19-12-21(14-6-2-1-3-7-14)17-13-22-11-10-15(17)20(25)23(21)18-9-5-4-8-16(18)19/h1-11,13H,12H2. The van der Waals surface area contributed by atoms with Gasteiger partial charge >= 0.3 is 0 Å². The van der Waals surface area contributed by atoms with Crippen molar-refractivity contribution < 1.29 is 9.59 Å². The number of para-hydroxylation sites is 1. The maximum Gasteiger partial charge on any atom is 0.259 e. The van der Waals surface area contributed by atoms with E-state index in [1.165, 1.54) is 0 Å². The van der Waals surface area contributed by atoms with Gasteiger partial charge in [-0.05, 0) is 23.8 Å². The fourth-order valence-electron chi connectivity index (χ4n) is 4.15. The van der Waals surface area contributed by atoms with Crippen LogP contribution in [0.2, 0.25) is 0 Å². The quantitative estimate of drug-likeness (QED) is 0.687. The second-order valence-electron chi connectivity index (χ2n) is 6.41. The Morgan fingerprint density at radius 3 is 2.48 bits per heavy atom. The SMILES string of the molecule is O=C1CC2(c3ccccc3)c3cnccc3C(=O)N2c2ccccc21. The second kappa shape index (κ2) is 4.86. The maximum absolute atomic E-state index is 13.3. The number of aromatic nitrogens is 1. The van der Waals surface area contributed by atoms with Crippen LogP contribution in [0.5, 0.6) is 0 Å². The number of rotatable bonds is 1. The molecule has 120 valence electrons. The van der Waals surface area contributed by atoms with E-state index >= 15 is 0 Å². The van der Waals surface area contributed by atoms with Gasteiger partial charge in [0.1, 0.15) is 5.54 Å². The predicted octanol–water partition coefficient (Wildman–Crippen LogP) is 3.57. The van der Waals surface area contributed by atoms with Crippen LogP contribution in [-0.2, 0) is 5.54 Å². The molecule has 2 aromatic carbocycles. The van der Waals surface area contributed by atoms with Crippen LogP contribution < -0.4 is 4.90 Å². The first-order chi connectivity index (χ1) is 12.2. The number of nitrogens with zero attached hydrogens (tertiary/aromatic N) is 2. The number of carbonyl (C=O) groups excluding carboxylic acids is 2. The van der Waals surface area contributed by atoms with Crippen molar-refractivity contribution in [2.75, 3.05) is 4.90 Å². The molecule has 3 aromatic rings. The number of pyridine rings is 1. The number of hydrogen-bond donors (Lipinski definition) is 0. The Bertz CT molecular complexity index is 1030. The van der Waals surface area contributed by atoms with Crippen molar-refractivity contribution in [3.05, 3.63) is 95.3 Å². The Balaban J connectivity index is 1.90. The highest BCUT2D eigenvalue weighted by atomic mass is 16.2. The maximum atomic E-state index is 13.3. The van der Waals surface area contributed by atoms with Crippen molar-refractivity contribution >= 4 is 17.4 Å². The monoisotopic (exact) mass is 326 g/mol. The number of carbonyl (C=O) groups is 2. The molecule has 1 atom stereocenters. The zero-order valence-electron chi connectivity index (χ0n) is 13.3. The van der Waals surface area contributed by atoms with Gasteiger partial charge in [0.25, 0.3) is 5.91 Å². The highest BCUT2D eigenvalue weighted by molar-refractivity contribution is 6.19. The third-order valence-electron chi connectivity index (χ3n) is 5.19. The van der Waals surface area contributed by atoms with Crippen LogP contribution in [0.1, 0.15) is 38.3 Å². The van der Waals surface area contributed by atoms with Gasteiger partial charge in [-0.15, -0.1) is 0 Å². The molecule has 1 amide bonds. The first-order valence-electron chi connectivity index (χ1n) is 8.20. The summed E-state index contributed by atoms with van der Waals surface area (Å²) in [6.45, 7) is 0. The molecule has 1 aromatic heterocycles. The van der Waals surface area contributed by atoms with Crippen molar-refractivity contribution in [3.8, 4) is 0 Å². The van der Waals surface area contributed by atoms with Gasteiger partial charge in [0.2, 0.25) is 0 Å². The fraction of sp³-hybridized carbons (Fsp3) is 0.0952. The van der Waals surface area contributed by atoms with E-state index in [0.29, 0.717) is 16.8 Å². The molecule has 0 saturated carbocycles. The number of amides is 1. The molecule has 2 aliphatic heterocycles. The summed E-state index contributed by atoms with van der Waals surface area (Å²) < 4.78 is 0. The van der Waals surface area contributed by atoms with Crippen molar-refractivity contribution in [1.29, 1.82) is 0 Å². The van der Waals surface area contributed by atoms with Crippen molar-refractivity contribution in [3.63, 3.8) is 0 Å². The van der Waals surface area contributed by atoms with Gasteiger partial charge in [-0.25, -0.2) is 0 Å². The molecule has 0 radical (unpaired) electrons. The van der Waals surface area contributed by atoms with Gasteiger partial charge < -0.3 is 0 Å². The first kappa shape index (κ1) is 14.1. The highest BCUT2D eigenvalue weighted by Crippen LogP contribution is 2.52. The van der Waals surface area contributed by atoms with E-state index in [1.807, 2.05) is 48.5 Å². The molecule has 0 fully saturated rings. The zero-order chi connectivity index (χ0) is 17.0. The smallest absolute Gasteiger partial charge is 0.259 e. The lowest BCUT2D eigenvalue weighted by Crippen LogP contribution is -2.50. The van der Waals surface area contributed by atoms with Crippen molar-refractivity contribution in [2.45, 2.75) is 12.0 Å². The summed E-state index contributed by atoms with van der Waals surface area (Å²) in [4.78, 5) is 32.3. The molecular weight excluding hydrogens is 312 g/mol. The minimum Gasteiger partial charge on any atom is -0.294 e. The van der Waals surface area contributed by atoms with Gasteiger partial charge in [-0.1, -0.05) is 42.5 Å².